The van der Waals surface area contributed by atoms with E-state index in [-0.39, 0.29) is 5.91 Å². The summed E-state index contributed by atoms with van der Waals surface area (Å²) in [6.45, 7) is 4.21. The minimum Gasteiger partial charge on any atom is -0.497 e. The first-order valence-corrected chi connectivity index (χ1v) is 10.1. The van der Waals surface area contributed by atoms with Crippen molar-refractivity contribution in [2.45, 2.75) is 6.54 Å². The predicted octanol–water partition coefficient (Wildman–Crippen LogP) is 2.29. The van der Waals surface area contributed by atoms with Crippen molar-refractivity contribution >= 4 is 28.7 Å². The molecule has 0 radical (unpaired) electrons. The molecule has 4 rings (SSSR count). The van der Waals surface area contributed by atoms with Crippen molar-refractivity contribution in [1.82, 2.24) is 14.8 Å². The molecule has 2 aromatic carbocycles. The third-order valence-corrected chi connectivity index (χ3v) is 5.25. The maximum atomic E-state index is 12.7. The van der Waals surface area contributed by atoms with Crippen molar-refractivity contribution in [1.29, 1.82) is 0 Å². The molecule has 32 heavy (non-hydrogen) atoms. The van der Waals surface area contributed by atoms with E-state index in [0.717, 1.165) is 44.0 Å². The lowest BCUT2D eigenvalue weighted by atomic mass is 10.1. The standard InChI is InChI=1S/C21H23N3O2.C2H2O4/c1-26-18-8-6-16(7-9-18)21(25)24-12-10-23(11-13-24)15-17-14-22-20-5-3-2-4-19(17)20;3-1(4)2(5)6/h2-9,14,22H,10-13,15H2,1H3;(H,3,4)(H,5,6). The number of carbonyl (C=O) groups is 3. The lowest BCUT2D eigenvalue weighted by molar-refractivity contribution is -0.159. The van der Waals surface area contributed by atoms with Gasteiger partial charge in [0, 0.05) is 55.4 Å². The Morgan fingerprint density at radius 2 is 1.56 bits per heavy atom. The van der Waals surface area contributed by atoms with Gasteiger partial charge in [0.15, 0.2) is 0 Å². The zero-order valence-electron chi connectivity index (χ0n) is 17.7. The predicted molar refractivity (Wildman–Crippen MR) is 118 cm³/mol. The Hall–Kier alpha value is -3.85. The number of piperazine rings is 1. The number of methoxy groups -OCH3 is 1. The summed E-state index contributed by atoms with van der Waals surface area (Å²) in [4.78, 5) is 38.5. The number of nitrogens with zero attached hydrogens (tertiary/aromatic N) is 2. The van der Waals surface area contributed by atoms with Crippen LogP contribution < -0.4 is 4.74 Å². The Morgan fingerprint density at radius 3 is 2.16 bits per heavy atom. The minimum absolute atomic E-state index is 0.0967. The third-order valence-electron chi connectivity index (χ3n) is 5.25. The van der Waals surface area contributed by atoms with Crippen LogP contribution in [0.3, 0.4) is 0 Å². The fraction of sp³-hybridized carbons (Fsp3) is 0.261. The lowest BCUT2D eigenvalue weighted by Crippen LogP contribution is -2.48. The quantitative estimate of drug-likeness (QED) is 0.533. The van der Waals surface area contributed by atoms with Crippen molar-refractivity contribution in [3.05, 3.63) is 65.9 Å². The Kier molecular flexibility index (Phi) is 7.45. The molecule has 1 saturated heterocycles. The van der Waals surface area contributed by atoms with Crippen LogP contribution >= 0.6 is 0 Å². The van der Waals surface area contributed by atoms with Crippen LogP contribution in [0.25, 0.3) is 10.9 Å². The Labute approximate surface area is 184 Å². The molecule has 0 atom stereocenters. The number of fused-ring (bicyclic) bond motifs is 1. The number of rotatable bonds is 4. The Bertz CT molecular complexity index is 1070. The molecular formula is C23H25N3O6. The fourth-order valence-electron chi connectivity index (χ4n) is 3.53. The van der Waals surface area contributed by atoms with Gasteiger partial charge in [-0.25, -0.2) is 9.59 Å². The highest BCUT2D eigenvalue weighted by molar-refractivity contribution is 6.27. The Balaban J connectivity index is 0.000000427. The van der Waals surface area contributed by atoms with E-state index in [0.29, 0.717) is 0 Å². The molecule has 1 fully saturated rings. The van der Waals surface area contributed by atoms with E-state index in [1.54, 1.807) is 7.11 Å². The number of hydrogen-bond donors (Lipinski definition) is 3. The van der Waals surface area contributed by atoms with Crippen LogP contribution in [0, 0.1) is 0 Å². The number of carbonyl (C=O) groups excluding carboxylic acids is 1. The van der Waals surface area contributed by atoms with Crippen LogP contribution in [0.4, 0.5) is 0 Å². The van der Waals surface area contributed by atoms with E-state index in [2.05, 4.69) is 34.3 Å². The number of aliphatic carboxylic acids is 2. The average molecular weight is 439 g/mol. The molecule has 9 heteroatoms. The van der Waals surface area contributed by atoms with Gasteiger partial charge in [0.2, 0.25) is 0 Å². The number of benzene rings is 2. The molecule has 0 spiro atoms. The normalized spacial score (nSPS) is 13.8. The van der Waals surface area contributed by atoms with Gasteiger partial charge in [0.25, 0.3) is 5.91 Å². The molecule has 1 aliphatic heterocycles. The van der Waals surface area contributed by atoms with E-state index >= 15 is 0 Å². The molecule has 9 nitrogen and oxygen atoms in total. The first-order valence-electron chi connectivity index (χ1n) is 10.1. The van der Waals surface area contributed by atoms with Crippen molar-refractivity contribution < 1.29 is 29.3 Å². The number of nitrogens with one attached hydrogen (secondary N) is 1. The highest BCUT2D eigenvalue weighted by Crippen LogP contribution is 2.20. The molecule has 0 saturated carbocycles. The number of aromatic nitrogens is 1. The summed E-state index contributed by atoms with van der Waals surface area (Å²) in [6.07, 6.45) is 2.10. The van der Waals surface area contributed by atoms with Crippen LogP contribution in [0.15, 0.2) is 54.7 Å². The second-order valence-electron chi connectivity index (χ2n) is 7.27. The van der Waals surface area contributed by atoms with Crippen molar-refractivity contribution in [3.63, 3.8) is 0 Å². The molecule has 0 aliphatic carbocycles. The SMILES string of the molecule is COc1ccc(C(=O)N2CCN(Cc3c[nH]c4ccccc34)CC2)cc1.O=C(O)C(=O)O. The van der Waals surface area contributed by atoms with Crippen LogP contribution in [-0.4, -0.2) is 76.1 Å². The average Bonchev–Trinajstić information content (AvgIpc) is 3.22. The van der Waals surface area contributed by atoms with Crippen molar-refractivity contribution in [3.8, 4) is 5.75 Å². The second-order valence-corrected chi connectivity index (χ2v) is 7.27. The molecule has 1 amide bonds. The smallest absolute Gasteiger partial charge is 0.414 e. The molecule has 2 heterocycles. The van der Waals surface area contributed by atoms with Gasteiger partial charge in [-0.2, -0.15) is 0 Å². The maximum Gasteiger partial charge on any atom is 0.414 e. The van der Waals surface area contributed by atoms with Crippen LogP contribution in [-0.2, 0) is 16.1 Å². The van der Waals surface area contributed by atoms with Gasteiger partial charge in [-0.15, -0.1) is 0 Å². The van der Waals surface area contributed by atoms with Gasteiger partial charge in [0.05, 0.1) is 7.11 Å². The summed E-state index contributed by atoms with van der Waals surface area (Å²) >= 11 is 0. The van der Waals surface area contributed by atoms with Gasteiger partial charge in [-0.05, 0) is 35.9 Å². The van der Waals surface area contributed by atoms with Crippen LogP contribution in [0.1, 0.15) is 15.9 Å². The number of carboxylic acid groups (broad SMARTS) is 2. The number of hydrogen-bond acceptors (Lipinski definition) is 5. The minimum atomic E-state index is -1.82. The third kappa shape index (κ3) is 5.64. The fourth-order valence-corrected chi connectivity index (χ4v) is 3.53. The van der Waals surface area contributed by atoms with Gasteiger partial charge in [0.1, 0.15) is 5.75 Å². The van der Waals surface area contributed by atoms with E-state index in [1.165, 1.54) is 16.5 Å². The lowest BCUT2D eigenvalue weighted by Gasteiger charge is -2.34. The number of para-hydroxylation sites is 1. The number of ether oxygens (including phenoxy) is 1. The highest BCUT2D eigenvalue weighted by atomic mass is 16.5. The summed E-state index contributed by atoms with van der Waals surface area (Å²) in [5.41, 5.74) is 3.21. The molecule has 3 aromatic rings. The molecule has 0 unspecified atom stereocenters. The summed E-state index contributed by atoms with van der Waals surface area (Å²) in [7, 11) is 1.63. The molecule has 3 N–H and O–H groups in total. The maximum absolute atomic E-state index is 12.7. The summed E-state index contributed by atoms with van der Waals surface area (Å²) in [5, 5.41) is 16.1. The van der Waals surface area contributed by atoms with Crippen molar-refractivity contribution in [2.75, 3.05) is 33.3 Å². The number of carboxylic acids is 2. The molecule has 168 valence electrons. The van der Waals surface area contributed by atoms with Gasteiger partial charge in [-0.3, -0.25) is 9.69 Å². The van der Waals surface area contributed by atoms with E-state index < -0.39 is 11.9 Å². The van der Waals surface area contributed by atoms with E-state index in [4.69, 9.17) is 24.5 Å². The molecular weight excluding hydrogens is 414 g/mol. The molecule has 0 bridgehead atoms. The highest BCUT2D eigenvalue weighted by Gasteiger charge is 2.22. The van der Waals surface area contributed by atoms with E-state index in [9.17, 15) is 4.79 Å². The van der Waals surface area contributed by atoms with Crippen molar-refractivity contribution in [2.24, 2.45) is 0 Å². The monoisotopic (exact) mass is 439 g/mol. The van der Waals surface area contributed by atoms with E-state index in [1.807, 2.05) is 35.2 Å². The first kappa shape index (κ1) is 22.8. The summed E-state index contributed by atoms with van der Waals surface area (Å²) in [6, 6.07) is 15.7. The van der Waals surface area contributed by atoms with Gasteiger partial charge >= 0.3 is 11.9 Å². The zero-order chi connectivity index (χ0) is 23.1. The summed E-state index contributed by atoms with van der Waals surface area (Å²) < 4.78 is 5.15. The first-order chi connectivity index (χ1) is 15.4. The number of aromatic amines is 1. The summed E-state index contributed by atoms with van der Waals surface area (Å²) in [5.74, 6) is -2.78. The number of amides is 1. The van der Waals surface area contributed by atoms with Gasteiger partial charge < -0.3 is 24.8 Å². The molecule has 1 aromatic heterocycles. The Morgan fingerprint density at radius 1 is 0.938 bits per heavy atom. The van der Waals surface area contributed by atoms with Crippen LogP contribution in [0.2, 0.25) is 0 Å². The molecule has 1 aliphatic rings. The topological polar surface area (TPSA) is 123 Å². The van der Waals surface area contributed by atoms with Crippen LogP contribution in [0.5, 0.6) is 5.75 Å². The largest absolute Gasteiger partial charge is 0.497 e. The number of H-pyrrole nitrogens is 1. The van der Waals surface area contributed by atoms with Gasteiger partial charge in [-0.1, -0.05) is 18.2 Å². The second kappa shape index (κ2) is 10.5. The zero-order valence-corrected chi connectivity index (χ0v) is 17.7.